The Balaban J connectivity index is 2.74. The van der Waals surface area contributed by atoms with E-state index in [1.54, 1.807) is 12.1 Å². The first kappa shape index (κ1) is 7.63. The van der Waals surface area contributed by atoms with Crippen molar-refractivity contribution in [2.24, 2.45) is 0 Å². The SMILES string of the molecule is CCC(O)c1ccc(Cl)o1. The standard InChI is InChI=1S/C7H9ClO2/c1-2-5(9)6-3-4-7(8)10-6/h3-5,9H,2H2,1H3. The van der Waals surface area contributed by atoms with Gasteiger partial charge in [0.2, 0.25) is 0 Å². The van der Waals surface area contributed by atoms with E-state index in [0.717, 1.165) is 0 Å². The Kier molecular flexibility index (Phi) is 2.35. The zero-order valence-electron chi connectivity index (χ0n) is 5.67. The molecular weight excluding hydrogens is 152 g/mol. The monoisotopic (exact) mass is 160 g/mol. The zero-order valence-corrected chi connectivity index (χ0v) is 6.43. The van der Waals surface area contributed by atoms with Crippen molar-refractivity contribution in [1.29, 1.82) is 0 Å². The Hall–Kier alpha value is -0.470. The highest BCUT2D eigenvalue weighted by molar-refractivity contribution is 6.28. The summed E-state index contributed by atoms with van der Waals surface area (Å²) in [5.41, 5.74) is 0. The van der Waals surface area contributed by atoms with E-state index in [9.17, 15) is 5.11 Å². The molecule has 56 valence electrons. The molecule has 2 nitrogen and oxygen atoms in total. The fraction of sp³-hybridized carbons (Fsp3) is 0.429. The summed E-state index contributed by atoms with van der Waals surface area (Å²) in [4.78, 5) is 0. The molecular formula is C7H9ClO2. The molecule has 0 aliphatic rings. The lowest BCUT2D eigenvalue weighted by Crippen LogP contribution is -1.90. The van der Waals surface area contributed by atoms with Gasteiger partial charge in [-0.1, -0.05) is 6.92 Å². The largest absolute Gasteiger partial charge is 0.447 e. The maximum atomic E-state index is 9.19. The summed E-state index contributed by atoms with van der Waals surface area (Å²) in [6.45, 7) is 1.88. The molecule has 0 radical (unpaired) electrons. The van der Waals surface area contributed by atoms with Crippen LogP contribution in [0.1, 0.15) is 25.2 Å². The average molecular weight is 161 g/mol. The highest BCUT2D eigenvalue weighted by atomic mass is 35.5. The van der Waals surface area contributed by atoms with Gasteiger partial charge in [-0.05, 0) is 30.2 Å². The van der Waals surface area contributed by atoms with Crippen LogP contribution in [-0.4, -0.2) is 5.11 Å². The molecule has 1 heterocycles. The van der Waals surface area contributed by atoms with Crippen LogP contribution >= 0.6 is 11.6 Å². The third kappa shape index (κ3) is 1.52. The number of hydrogen-bond donors (Lipinski definition) is 1. The van der Waals surface area contributed by atoms with Crippen molar-refractivity contribution in [3.8, 4) is 0 Å². The third-order valence-corrected chi connectivity index (χ3v) is 1.51. The van der Waals surface area contributed by atoms with Gasteiger partial charge in [0.1, 0.15) is 11.9 Å². The van der Waals surface area contributed by atoms with Crippen LogP contribution in [-0.2, 0) is 0 Å². The molecule has 0 saturated carbocycles. The number of aliphatic hydroxyl groups excluding tert-OH is 1. The second-order valence-corrected chi connectivity index (χ2v) is 2.44. The van der Waals surface area contributed by atoms with E-state index in [1.807, 2.05) is 6.92 Å². The summed E-state index contributed by atoms with van der Waals surface area (Å²) in [5, 5.41) is 9.51. The molecule has 0 amide bonds. The lowest BCUT2D eigenvalue weighted by atomic mass is 10.2. The Morgan fingerprint density at radius 3 is 2.80 bits per heavy atom. The molecule has 0 fully saturated rings. The Labute approximate surface area is 64.4 Å². The van der Waals surface area contributed by atoms with E-state index in [2.05, 4.69) is 0 Å². The van der Waals surface area contributed by atoms with Crippen molar-refractivity contribution >= 4 is 11.6 Å². The first-order chi connectivity index (χ1) is 4.74. The van der Waals surface area contributed by atoms with E-state index in [1.165, 1.54) is 0 Å². The number of aliphatic hydroxyl groups is 1. The third-order valence-electron chi connectivity index (χ3n) is 1.31. The van der Waals surface area contributed by atoms with Crippen LogP contribution in [0.15, 0.2) is 16.5 Å². The molecule has 0 aliphatic carbocycles. The van der Waals surface area contributed by atoms with E-state index in [-0.39, 0.29) is 0 Å². The van der Waals surface area contributed by atoms with Crippen molar-refractivity contribution in [2.75, 3.05) is 0 Å². The minimum absolute atomic E-state index is 0.322. The lowest BCUT2D eigenvalue weighted by molar-refractivity contribution is 0.146. The fourth-order valence-electron chi connectivity index (χ4n) is 0.709. The highest BCUT2D eigenvalue weighted by Gasteiger charge is 2.08. The van der Waals surface area contributed by atoms with Crippen LogP contribution in [0.3, 0.4) is 0 Å². The summed E-state index contributed by atoms with van der Waals surface area (Å²) in [7, 11) is 0. The summed E-state index contributed by atoms with van der Waals surface area (Å²) >= 11 is 5.48. The van der Waals surface area contributed by atoms with Crippen molar-refractivity contribution in [3.05, 3.63) is 23.1 Å². The second kappa shape index (κ2) is 3.08. The van der Waals surface area contributed by atoms with Gasteiger partial charge in [-0.25, -0.2) is 0 Å². The predicted molar refractivity (Wildman–Crippen MR) is 39.0 cm³/mol. The van der Waals surface area contributed by atoms with Gasteiger partial charge in [-0.3, -0.25) is 0 Å². The highest BCUT2D eigenvalue weighted by Crippen LogP contribution is 2.21. The molecule has 0 saturated heterocycles. The van der Waals surface area contributed by atoms with Crippen LogP contribution in [0.4, 0.5) is 0 Å². The molecule has 1 rings (SSSR count). The molecule has 1 aromatic rings. The van der Waals surface area contributed by atoms with Crippen LogP contribution in [0.25, 0.3) is 0 Å². The topological polar surface area (TPSA) is 33.4 Å². The first-order valence-electron chi connectivity index (χ1n) is 3.17. The van der Waals surface area contributed by atoms with E-state index in [0.29, 0.717) is 17.4 Å². The summed E-state index contributed by atoms with van der Waals surface area (Å²) in [5.74, 6) is 0.535. The van der Waals surface area contributed by atoms with Crippen LogP contribution < -0.4 is 0 Å². The maximum absolute atomic E-state index is 9.19. The molecule has 10 heavy (non-hydrogen) atoms. The normalized spacial score (nSPS) is 13.5. The number of halogens is 1. The lowest BCUT2D eigenvalue weighted by Gasteiger charge is -2.00. The molecule has 0 bridgehead atoms. The van der Waals surface area contributed by atoms with E-state index in [4.69, 9.17) is 16.0 Å². The maximum Gasteiger partial charge on any atom is 0.193 e. The van der Waals surface area contributed by atoms with Crippen molar-refractivity contribution in [2.45, 2.75) is 19.4 Å². The van der Waals surface area contributed by atoms with Gasteiger partial charge in [0.25, 0.3) is 0 Å². The van der Waals surface area contributed by atoms with Gasteiger partial charge < -0.3 is 9.52 Å². The number of rotatable bonds is 2. The Morgan fingerprint density at radius 2 is 2.40 bits per heavy atom. The van der Waals surface area contributed by atoms with Gasteiger partial charge >= 0.3 is 0 Å². The Bertz CT molecular complexity index is 207. The quantitative estimate of drug-likeness (QED) is 0.721. The van der Waals surface area contributed by atoms with Gasteiger partial charge in [0, 0.05) is 0 Å². The summed E-state index contributed by atoms with van der Waals surface area (Å²) < 4.78 is 4.95. The van der Waals surface area contributed by atoms with Gasteiger partial charge in [-0.2, -0.15) is 0 Å². The van der Waals surface area contributed by atoms with E-state index < -0.39 is 6.10 Å². The van der Waals surface area contributed by atoms with Gasteiger partial charge in [0.15, 0.2) is 5.22 Å². The number of hydrogen-bond acceptors (Lipinski definition) is 2. The molecule has 1 atom stereocenters. The average Bonchev–Trinajstić information content (AvgIpc) is 2.34. The van der Waals surface area contributed by atoms with Crippen LogP contribution in [0, 0.1) is 0 Å². The molecule has 1 N–H and O–H groups in total. The van der Waals surface area contributed by atoms with Crippen LogP contribution in [0.5, 0.6) is 0 Å². The minimum Gasteiger partial charge on any atom is -0.447 e. The van der Waals surface area contributed by atoms with Crippen molar-refractivity contribution in [3.63, 3.8) is 0 Å². The molecule has 1 unspecified atom stereocenters. The molecule has 0 spiro atoms. The minimum atomic E-state index is -0.521. The van der Waals surface area contributed by atoms with Crippen molar-refractivity contribution < 1.29 is 9.52 Å². The predicted octanol–water partition coefficient (Wildman–Crippen LogP) is 2.38. The van der Waals surface area contributed by atoms with Crippen LogP contribution in [0.2, 0.25) is 5.22 Å². The first-order valence-corrected chi connectivity index (χ1v) is 3.55. The van der Waals surface area contributed by atoms with Gasteiger partial charge in [-0.15, -0.1) is 0 Å². The van der Waals surface area contributed by atoms with Gasteiger partial charge in [0.05, 0.1) is 0 Å². The summed E-state index contributed by atoms with van der Waals surface area (Å²) in [6.07, 6.45) is 0.122. The smallest absolute Gasteiger partial charge is 0.193 e. The fourth-order valence-corrected chi connectivity index (χ4v) is 0.861. The molecule has 1 aromatic heterocycles. The van der Waals surface area contributed by atoms with E-state index >= 15 is 0 Å². The second-order valence-electron chi connectivity index (χ2n) is 2.07. The summed E-state index contributed by atoms with van der Waals surface area (Å²) in [6, 6.07) is 3.30. The Morgan fingerprint density at radius 1 is 1.70 bits per heavy atom. The zero-order chi connectivity index (χ0) is 7.56. The molecule has 3 heteroatoms. The molecule has 0 aromatic carbocycles. The number of furan rings is 1. The van der Waals surface area contributed by atoms with Crippen molar-refractivity contribution in [1.82, 2.24) is 0 Å². The molecule has 0 aliphatic heterocycles.